The van der Waals surface area contributed by atoms with Gasteiger partial charge in [0.2, 0.25) is 0 Å². The van der Waals surface area contributed by atoms with Gasteiger partial charge in [-0.3, -0.25) is 37.3 Å². The molecular formula is C81H158O17P2. The van der Waals surface area contributed by atoms with Gasteiger partial charge in [-0.15, -0.1) is 0 Å². The smallest absolute Gasteiger partial charge is 0.462 e. The fourth-order valence-corrected chi connectivity index (χ4v) is 14.1. The van der Waals surface area contributed by atoms with Gasteiger partial charge in [-0.25, -0.2) is 9.13 Å². The molecule has 5 atom stereocenters. The van der Waals surface area contributed by atoms with Crippen LogP contribution in [0.15, 0.2) is 0 Å². The molecule has 0 aromatic rings. The summed E-state index contributed by atoms with van der Waals surface area (Å²) in [5.41, 5.74) is 0. The monoisotopic (exact) mass is 1470 g/mol. The molecule has 3 N–H and O–H groups in total. The molecule has 0 aliphatic heterocycles. The highest BCUT2D eigenvalue weighted by Crippen LogP contribution is 2.45. The van der Waals surface area contributed by atoms with E-state index in [1.807, 2.05) is 0 Å². The molecule has 0 aliphatic carbocycles. The molecule has 17 nitrogen and oxygen atoms in total. The average Bonchev–Trinajstić information content (AvgIpc) is 0.923. The zero-order chi connectivity index (χ0) is 73.7. The van der Waals surface area contributed by atoms with Crippen molar-refractivity contribution in [2.45, 2.75) is 439 Å². The van der Waals surface area contributed by atoms with Crippen LogP contribution < -0.4 is 0 Å². The molecule has 0 saturated carbocycles. The first-order valence-corrected chi connectivity index (χ1v) is 44.8. The number of ether oxygens (including phenoxy) is 4. The Bertz CT molecular complexity index is 1940. The summed E-state index contributed by atoms with van der Waals surface area (Å²) in [4.78, 5) is 72.9. The van der Waals surface area contributed by atoms with E-state index in [1.54, 1.807) is 0 Å². The summed E-state index contributed by atoms with van der Waals surface area (Å²) < 4.78 is 68.6. The standard InChI is InChI=1S/C81H158O17P2/c1-8-9-10-11-12-13-14-15-16-17-18-19-20-21-26-29-32-35-41-50-57-64-80(85)97-76(68-91-78(83)62-55-48-40-34-31-28-25-23-22-24-27-30-33-38-45-52-59-72(2)3)70-95-99(87,88)93-66-75(82)67-94-100(89,90)96-71-77(69-92-79(84)63-56-49-44-43-47-54-61-74(6)7)98-81(86)65-58-51-42-37-36-39-46-53-60-73(4)5/h72-77,82H,8-71H2,1-7H3,(H,87,88)(H,89,90)/t75-,76-,77-/m1/s1. The molecule has 0 radical (unpaired) electrons. The van der Waals surface area contributed by atoms with Crippen molar-refractivity contribution in [2.24, 2.45) is 17.8 Å². The van der Waals surface area contributed by atoms with Crippen molar-refractivity contribution < 1.29 is 80.2 Å². The fourth-order valence-electron chi connectivity index (χ4n) is 12.5. The predicted molar refractivity (Wildman–Crippen MR) is 409 cm³/mol. The van der Waals surface area contributed by atoms with E-state index in [9.17, 15) is 43.2 Å². The lowest BCUT2D eigenvalue weighted by molar-refractivity contribution is -0.161. The van der Waals surface area contributed by atoms with Crippen molar-refractivity contribution in [1.29, 1.82) is 0 Å². The summed E-state index contributed by atoms with van der Waals surface area (Å²) >= 11 is 0. The molecule has 0 heterocycles. The molecule has 2 unspecified atom stereocenters. The zero-order valence-corrected chi connectivity index (χ0v) is 67.5. The number of hydrogen-bond donors (Lipinski definition) is 3. The molecule has 0 bridgehead atoms. The van der Waals surface area contributed by atoms with Gasteiger partial charge in [0, 0.05) is 25.7 Å². The molecule has 0 fully saturated rings. The maximum Gasteiger partial charge on any atom is 0.472 e. The van der Waals surface area contributed by atoms with Crippen molar-refractivity contribution in [3.8, 4) is 0 Å². The van der Waals surface area contributed by atoms with Crippen LogP contribution in [0.1, 0.15) is 421 Å². The Morgan fingerprint density at radius 3 is 0.680 bits per heavy atom. The molecular weight excluding hydrogens is 1310 g/mol. The third-order valence-electron chi connectivity index (χ3n) is 18.9. The second-order valence-electron chi connectivity index (χ2n) is 30.6. The van der Waals surface area contributed by atoms with Gasteiger partial charge >= 0.3 is 39.5 Å². The molecule has 594 valence electrons. The van der Waals surface area contributed by atoms with E-state index in [1.165, 1.54) is 225 Å². The van der Waals surface area contributed by atoms with Gasteiger partial charge in [-0.2, -0.15) is 0 Å². The van der Waals surface area contributed by atoms with Crippen LogP contribution >= 0.6 is 15.6 Å². The number of aliphatic hydroxyl groups excluding tert-OH is 1. The quantitative estimate of drug-likeness (QED) is 0.0222. The molecule has 19 heteroatoms. The lowest BCUT2D eigenvalue weighted by Crippen LogP contribution is -2.30. The first-order chi connectivity index (χ1) is 48.2. The van der Waals surface area contributed by atoms with E-state index in [-0.39, 0.29) is 25.7 Å². The Morgan fingerprint density at radius 1 is 0.270 bits per heavy atom. The van der Waals surface area contributed by atoms with Gasteiger partial charge in [-0.05, 0) is 43.4 Å². The van der Waals surface area contributed by atoms with Crippen LogP contribution in [0, 0.1) is 17.8 Å². The highest BCUT2D eigenvalue weighted by molar-refractivity contribution is 7.47. The second-order valence-corrected chi connectivity index (χ2v) is 33.5. The summed E-state index contributed by atoms with van der Waals surface area (Å²) in [5.74, 6) is 0.0933. The van der Waals surface area contributed by atoms with Crippen LogP contribution in [0.2, 0.25) is 0 Å². The van der Waals surface area contributed by atoms with Gasteiger partial charge in [0.1, 0.15) is 19.3 Å². The number of phosphoric acid groups is 2. The first-order valence-electron chi connectivity index (χ1n) is 41.8. The van der Waals surface area contributed by atoms with E-state index < -0.39 is 97.5 Å². The number of carbonyl (C=O) groups is 4. The van der Waals surface area contributed by atoms with Gasteiger partial charge in [0.15, 0.2) is 12.2 Å². The normalized spacial score (nSPS) is 14.0. The van der Waals surface area contributed by atoms with Crippen LogP contribution in [0.5, 0.6) is 0 Å². The lowest BCUT2D eigenvalue weighted by Gasteiger charge is -2.21. The van der Waals surface area contributed by atoms with Crippen molar-refractivity contribution in [3.05, 3.63) is 0 Å². The van der Waals surface area contributed by atoms with E-state index in [2.05, 4.69) is 48.5 Å². The van der Waals surface area contributed by atoms with E-state index >= 15 is 0 Å². The van der Waals surface area contributed by atoms with E-state index in [0.29, 0.717) is 31.6 Å². The average molecular weight is 1470 g/mol. The minimum atomic E-state index is -4.96. The number of rotatable bonds is 79. The highest BCUT2D eigenvalue weighted by Gasteiger charge is 2.30. The third-order valence-corrected chi connectivity index (χ3v) is 20.8. The third kappa shape index (κ3) is 74.3. The topological polar surface area (TPSA) is 237 Å². The molecule has 0 aromatic carbocycles. The number of phosphoric ester groups is 2. The molecule has 0 rings (SSSR count). The van der Waals surface area contributed by atoms with Crippen LogP contribution in [0.3, 0.4) is 0 Å². The van der Waals surface area contributed by atoms with Crippen molar-refractivity contribution in [3.63, 3.8) is 0 Å². The Morgan fingerprint density at radius 2 is 0.460 bits per heavy atom. The number of unbranched alkanes of at least 4 members (excludes halogenated alkanes) is 47. The Kier molecular flexibility index (Phi) is 69.9. The largest absolute Gasteiger partial charge is 0.472 e. The Balaban J connectivity index is 5.19. The molecule has 0 aliphatic rings. The number of aliphatic hydroxyl groups is 1. The SMILES string of the molecule is CCCCCCCCCCCCCCCCCCCCCCCC(=O)O[C@H](COC(=O)CCCCCCCCCCCCCCCCCCC(C)C)COP(=O)(O)OC[C@@H](O)COP(=O)(O)OC[C@@H](COC(=O)CCCCCCCCC(C)C)OC(=O)CCCCCCCCCCC(C)C. The van der Waals surface area contributed by atoms with Crippen LogP contribution in [-0.2, 0) is 65.4 Å². The first kappa shape index (κ1) is 98.1. The summed E-state index contributed by atoms with van der Waals surface area (Å²) in [6, 6.07) is 0. The van der Waals surface area contributed by atoms with Crippen molar-refractivity contribution in [1.82, 2.24) is 0 Å². The summed E-state index contributed by atoms with van der Waals surface area (Å²) in [5, 5.41) is 10.6. The van der Waals surface area contributed by atoms with Crippen LogP contribution in [0.25, 0.3) is 0 Å². The molecule has 0 aromatic heterocycles. The molecule has 0 spiro atoms. The number of carbonyl (C=O) groups excluding carboxylic acids is 4. The summed E-state index contributed by atoms with van der Waals surface area (Å²) in [6.45, 7) is 11.8. The fraction of sp³-hybridized carbons (Fsp3) is 0.951. The lowest BCUT2D eigenvalue weighted by atomic mass is 10.0. The van der Waals surface area contributed by atoms with Crippen molar-refractivity contribution >= 4 is 39.5 Å². The molecule has 0 amide bonds. The van der Waals surface area contributed by atoms with E-state index in [0.717, 1.165) is 108 Å². The molecule has 0 saturated heterocycles. The number of hydrogen-bond acceptors (Lipinski definition) is 15. The summed E-state index contributed by atoms with van der Waals surface area (Å²) in [6.07, 6.45) is 60.1. The van der Waals surface area contributed by atoms with Gasteiger partial charge in [0.05, 0.1) is 26.4 Å². The van der Waals surface area contributed by atoms with Gasteiger partial charge in [-0.1, -0.05) is 370 Å². The van der Waals surface area contributed by atoms with Crippen LogP contribution in [0.4, 0.5) is 0 Å². The van der Waals surface area contributed by atoms with Gasteiger partial charge in [0.25, 0.3) is 0 Å². The van der Waals surface area contributed by atoms with Crippen LogP contribution in [-0.4, -0.2) is 96.7 Å². The highest BCUT2D eigenvalue weighted by atomic mass is 31.2. The van der Waals surface area contributed by atoms with Gasteiger partial charge < -0.3 is 33.8 Å². The van der Waals surface area contributed by atoms with Crippen molar-refractivity contribution in [2.75, 3.05) is 39.6 Å². The molecule has 100 heavy (non-hydrogen) atoms. The zero-order valence-electron chi connectivity index (χ0n) is 65.7. The Hall–Kier alpha value is -1.94. The second kappa shape index (κ2) is 71.3. The minimum absolute atomic E-state index is 0.103. The number of esters is 4. The maximum atomic E-state index is 13.1. The predicted octanol–water partition coefficient (Wildman–Crippen LogP) is 24.1. The minimum Gasteiger partial charge on any atom is -0.462 e. The summed E-state index contributed by atoms with van der Waals surface area (Å²) in [7, 11) is -9.92. The Labute approximate surface area is 613 Å². The maximum absolute atomic E-state index is 13.1. The van der Waals surface area contributed by atoms with E-state index in [4.69, 9.17) is 37.0 Å².